The quantitative estimate of drug-likeness (QED) is 0.568. The van der Waals surface area contributed by atoms with Crippen LogP contribution in [0.3, 0.4) is 0 Å². The minimum Gasteiger partial charge on any atom is -0.298 e. The predicted octanol–water partition coefficient (Wildman–Crippen LogP) is 1.84. The number of piperidine rings is 2. The van der Waals surface area contributed by atoms with Gasteiger partial charge >= 0.3 is 0 Å². The summed E-state index contributed by atoms with van der Waals surface area (Å²) in [6, 6.07) is 0.241. The van der Waals surface area contributed by atoms with E-state index >= 15 is 0 Å². The monoisotopic (exact) mass is 181 g/mol. The van der Waals surface area contributed by atoms with E-state index in [4.69, 9.17) is 0 Å². The number of rotatable bonds is 0. The number of Topliss-reactive ketones (excluding diaryl/α,β-unsaturated/α-hetero) is 1. The molecular formula is C11H19NO. The van der Waals surface area contributed by atoms with Gasteiger partial charge in [0.2, 0.25) is 0 Å². The smallest absolute Gasteiger partial charge is 0.150 e. The molecule has 3 rings (SSSR count). The van der Waals surface area contributed by atoms with Crippen LogP contribution in [0.4, 0.5) is 0 Å². The summed E-state index contributed by atoms with van der Waals surface area (Å²) >= 11 is 0. The highest BCUT2D eigenvalue weighted by atomic mass is 16.1. The molecule has 0 amide bonds. The summed E-state index contributed by atoms with van der Waals surface area (Å²) in [7, 11) is 0. The maximum absolute atomic E-state index is 11.7. The predicted molar refractivity (Wildman–Crippen MR) is 52.6 cm³/mol. The number of nitrogens with zero attached hydrogens (tertiary/aromatic N) is 1. The van der Waals surface area contributed by atoms with Crippen LogP contribution in [0.15, 0.2) is 0 Å². The molecule has 74 valence electrons. The van der Waals surface area contributed by atoms with E-state index in [1.165, 1.54) is 6.42 Å². The van der Waals surface area contributed by atoms with E-state index in [-0.39, 0.29) is 11.6 Å². The number of ketones is 1. The first-order valence-corrected chi connectivity index (χ1v) is 5.28. The van der Waals surface area contributed by atoms with Crippen molar-refractivity contribution in [1.82, 2.24) is 4.90 Å². The summed E-state index contributed by atoms with van der Waals surface area (Å²) in [5.74, 6) is 1.13. The molecule has 13 heavy (non-hydrogen) atoms. The van der Waals surface area contributed by atoms with Crippen molar-refractivity contribution in [2.45, 2.75) is 51.6 Å². The molecule has 2 aliphatic heterocycles. The summed E-state index contributed by atoms with van der Waals surface area (Å²) in [6.07, 6.45) is 3.21. The van der Waals surface area contributed by atoms with Gasteiger partial charge in [-0.2, -0.15) is 0 Å². The molecule has 0 N–H and O–H groups in total. The van der Waals surface area contributed by atoms with E-state index in [2.05, 4.69) is 25.7 Å². The van der Waals surface area contributed by atoms with Gasteiger partial charge in [0, 0.05) is 18.5 Å². The van der Waals surface area contributed by atoms with Crippen LogP contribution in [-0.2, 0) is 4.79 Å². The van der Waals surface area contributed by atoms with Gasteiger partial charge < -0.3 is 0 Å². The second kappa shape index (κ2) is 2.81. The van der Waals surface area contributed by atoms with Crippen LogP contribution in [0.25, 0.3) is 0 Å². The lowest BCUT2D eigenvalue weighted by atomic mass is 9.77. The first-order chi connectivity index (χ1) is 5.98. The van der Waals surface area contributed by atoms with E-state index < -0.39 is 0 Å². The van der Waals surface area contributed by atoms with E-state index in [1.54, 1.807) is 0 Å². The van der Waals surface area contributed by atoms with Crippen LogP contribution in [0, 0.1) is 5.92 Å². The molecule has 2 unspecified atom stereocenters. The largest absolute Gasteiger partial charge is 0.298 e. The molecule has 2 heterocycles. The van der Waals surface area contributed by atoms with Crippen molar-refractivity contribution >= 4 is 5.78 Å². The fraction of sp³-hybridized carbons (Fsp3) is 0.909. The summed E-state index contributed by atoms with van der Waals surface area (Å²) in [5.41, 5.74) is 0.166. The second-order valence-corrected chi connectivity index (χ2v) is 5.45. The van der Waals surface area contributed by atoms with Crippen molar-refractivity contribution in [2.75, 3.05) is 6.54 Å². The van der Waals surface area contributed by atoms with Gasteiger partial charge in [-0.15, -0.1) is 0 Å². The highest BCUT2D eigenvalue weighted by Gasteiger charge is 2.43. The Labute approximate surface area is 80.3 Å². The Morgan fingerprint density at radius 3 is 2.38 bits per heavy atom. The molecule has 3 fully saturated rings. The number of carbonyl (C=O) groups is 1. The average molecular weight is 181 g/mol. The van der Waals surface area contributed by atoms with Gasteiger partial charge in [0.1, 0.15) is 5.78 Å². The molecule has 2 bridgehead atoms. The van der Waals surface area contributed by atoms with E-state index in [0.717, 1.165) is 19.4 Å². The topological polar surface area (TPSA) is 20.3 Å². The van der Waals surface area contributed by atoms with Crippen LogP contribution < -0.4 is 0 Å². The Bertz CT molecular complexity index is 229. The molecule has 2 nitrogen and oxygen atoms in total. The maximum Gasteiger partial charge on any atom is 0.150 e. The Morgan fingerprint density at radius 2 is 2.00 bits per heavy atom. The van der Waals surface area contributed by atoms with Gasteiger partial charge in [-0.05, 0) is 39.5 Å². The van der Waals surface area contributed by atoms with E-state index in [1.807, 2.05) is 0 Å². The zero-order valence-corrected chi connectivity index (χ0v) is 8.84. The highest BCUT2D eigenvalue weighted by Crippen LogP contribution is 2.36. The minimum absolute atomic E-state index is 0.166. The summed E-state index contributed by atoms with van der Waals surface area (Å²) < 4.78 is 0. The number of hydrogen-bond donors (Lipinski definition) is 0. The zero-order chi connectivity index (χ0) is 9.64. The highest BCUT2D eigenvalue weighted by molar-refractivity contribution is 5.85. The first-order valence-electron chi connectivity index (χ1n) is 5.28. The number of hydrogen-bond acceptors (Lipinski definition) is 2. The van der Waals surface area contributed by atoms with Crippen LogP contribution in [-0.4, -0.2) is 28.8 Å². The van der Waals surface area contributed by atoms with Crippen molar-refractivity contribution in [1.29, 1.82) is 0 Å². The van der Waals surface area contributed by atoms with Crippen LogP contribution in [0.5, 0.6) is 0 Å². The molecule has 0 spiro atoms. The molecule has 3 aliphatic rings. The first kappa shape index (κ1) is 9.20. The second-order valence-electron chi connectivity index (χ2n) is 5.45. The van der Waals surface area contributed by atoms with Crippen LogP contribution >= 0.6 is 0 Å². The van der Waals surface area contributed by atoms with Gasteiger partial charge in [-0.3, -0.25) is 9.69 Å². The molecule has 1 saturated carbocycles. The molecule has 0 aromatic carbocycles. The summed E-state index contributed by atoms with van der Waals surface area (Å²) in [5, 5.41) is 0. The van der Waals surface area contributed by atoms with Gasteiger partial charge in [0.15, 0.2) is 0 Å². The lowest BCUT2D eigenvalue weighted by molar-refractivity contribution is -0.137. The lowest BCUT2D eigenvalue weighted by Gasteiger charge is -2.50. The van der Waals surface area contributed by atoms with Crippen molar-refractivity contribution in [3.05, 3.63) is 0 Å². The molecule has 0 aromatic heterocycles. The Morgan fingerprint density at radius 1 is 1.31 bits per heavy atom. The maximum atomic E-state index is 11.7. The fourth-order valence-electron chi connectivity index (χ4n) is 2.71. The van der Waals surface area contributed by atoms with Crippen molar-refractivity contribution in [3.63, 3.8) is 0 Å². The third-order valence-electron chi connectivity index (χ3n) is 3.40. The normalized spacial score (nSPS) is 35.5. The third kappa shape index (κ3) is 1.52. The number of carbonyl (C=O) groups excluding carboxylic acids is 1. The Balaban J connectivity index is 2.19. The van der Waals surface area contributed by atoms with Crippen LogP contribution in [0.2, 0.25) is 0 Å². The van der Waals surface area contributed by atoms with Gasteiger partial charge in [0.05, 0.1) is 6.04 Å². The summed E-state index contributed by atoms with van der Waals surface area (Å²) in [6.45, 7) is 7.77. The summed E-state index contributed by atoms with van der Waals surface area (Å²) in [4.78, 5) is 14.1. The molecule has 1 aliphatic carbocycles. The standard InChI is InChI=1S/C11H19NO/c1-11(2,3)12-7-8-4-5-9(12)10(13)6-8/h8-9H,4-7H2,1-3H3. The minimum atomic E-state index is 0.166. The van der Waals surface area contributed by atoms with Gasteiger partial charge in [-0.25, -0.2) is 0 Å². The van der Waals surface area contributed by atoms with Crippen molar-refractivity contribution < 1.29 is 4.79 Å². The number of fused-ring (bicyclic) bond motifs is 3. The van der Waals surface area contributed by atoms with Crippen LogP contribution in [0.1, 0.15) is 40.0 Å². The van der Waals surface area contributed by atoms with Gasteiger partial charge in [0.25, 0.3) is 0 Å². The lowest BCUT2D eigenvalue weighted by Crippen LogP contribution is -2.60. The van der Waals surface area contributed by atoms with E-state index in [9.17, 15) is 4.79 Å². The molecule has 0 radical (unpaired) electrons. The molecule has 2 saturated heterocycles. The molecule has 2 heteroatoms. The van der Waals surface area contributed by atoms with Crippen molar-refractivity contribution in [3.8, 4) is 0 Å². The Kier molecular flexibility index (Phi) is 1.99. The third-order valence-corrected chi connectivity index (χ3v) is 3.40. The SMILES string of the molecule is CC(C)(C)N1CC2CCC1C(=O)C2. The van der Waals surface area contributed by atoms with Crippen molar-refractivity contribution in [2.24, 2.45) is 5.92 Å². The van der Waals surface area contributed by atoms with Gasteiger partial charge in [-0.1, -0.05) is 0 Å². The zero-order valence-electron chi connectivity index (χ0n) is 8.84. The Hall–Kier alpha value is -0.370. The fourth-order valence-corrected chi connectivity index (χ4v) is 2.71. The average Bonchev–Trinajstić information content (AvgIpc) is 2.03. The molecule has 0 aromatic rings. The van der Waals surface area contributed by atoms with E-state index in [0.29, 0.717) is 11.7 Å². The molecular weight excluding hydrogens is 162 g/mol. The molecule has 2 atom stereocenters.